The van der Waals surface area contributed by atoms with E-state index in [-0.39, 0.29) is 23.1 Å². The Morgan fingerprint density at radius 1 is 1.21 bits per heavy atom. The van der Waals surface area contributed by atoms with Gasteiger partial charge < -0.3 is 4.74 Å². The number of carbonyl (C=O) groups is 3. The van der Waals surface area contributed by atoms with Crippen molar-refractivity contribution in [1.29, 1.82) is 0 Å². The van der Waals surface area contributed by atoms with E-state index >= 15 is 0 Å². The Labute approximate surface area is 167 Å². The van der Waals surface area contributed by atoms with Crippen LogP contribution in [0.2, 0.25) is 0 Å². The minimum absolute atomic E-state index is 0.0385. The van der Waals surface area contributed by atoms with Crippen molar-refractivity contribution in [2.45, 2.75) is 72.1 Å². The van der Waals surface area contributed by atoms with Crippen LogP contribution in [0.5, 0.6) is 0 Å². The Kier molecular flexibility index (Phi) is 5.09. The molecule has 3 saturated carbocycles. The number of ketones is 2. The van der Waals surface area contributed by atoms with Crippen molar-refractivity contribution in [1.82, 2.24) is 0 Å². The summed E-state index contributed by atoms with van der Waals surface area (Å²) in [6.45, 7) is 5.76. The summed E-state index contributed by atoms with van der Waals surface area (Å²) in [4.78, 5) is 36.2. The van der Waals surface area contributed by atoms with Crippen LogP contribution in [-0.4, -0.2) is 17.5 Å². The van der Waals surface area contributed by atoms with Gasteiger partial charge in [0.1, 0.15) is 5.78 Å². The summed E-state index contributed by atoms with van der Waals surface area (Å²) in [7, 11) is 0. The zero-order valence-electron chi connectivity index (χ0n) is 17.3. The molecule has 0 heterocycles. The molecule has 0 saturated heterocycles. The maximum Gasteiger partial charge on any atom is 0.310 e. The molecule has 0 aromatic carbocycles. The molecule has 0 aromatic rings. The van der Waals surface area contributed by atoms with Crippen LogP contribution in [0, 0.1) is 35.0 Å². The molecule has 0 aromatic heterocycles. The molecule has 0 unspecified atom stereocenters. The Hall–Kier alpha value is -1.71. The first-order chi connectivity index (χ1) is 13.3. The minimum atomic E-state index is -0.243. The van der Waals surface area contributed by atoms with Gasteiger partial charge in [0.05, 0.1) is 6.26 Å². The molecule has 3 fully saturated rings. The molecule has 4 aliphatic carbocycles. The van der Waals surface area contributed by atoms with Gasteiger partial charge in [-0.15, -0.1) is 0 Å². The number of ether oxygens (including phenoxy) is 1. The molecular formula is C24H32O4. The lowest BCUT2D eigenvalue weighted by Gasteiger charge is -2.53. The van der Waals surface area contributed by atoms with E-state index in [4.69, 9.17) is 4.74 Å². The van der Waals surface area contributed by atoms with Crippen LogP contribution in [-0.2, 0) is 19.1 Å². The molecule has 6 atom stereocenters. The van der Waals surface area contributed by atoms with E-state index in [0.717, 1.165) is 44.1 Å². The topological polar surface area (TPSA) is 60.4 Å². The molecular weight excluding hydrogens is 352 g/mol. The Balaban J connectivity index is 1.63. The molecule has 0 amide bonds. The fraction of sp³-hybridized carbons (Fsp3) is 0.708. The standard InChI is InChI=1S/C24H32O4/c1-4-22(27)28-13-16-12-21-20-7-5-15-11-17(26)6-8-18(15)19(20)9-10-24(21,3)23(16)14(2)25/h11,13,18-21,23H,4-10,12H2,1-3H3/t18-,19+,20+,21-,23-,24-/m0/s1. The average Bonchev–Trinajstić information content (AvgIpc) is 2.98. The number of allylic oxidation sites excluding steroid dienone is 2. The fourth-order valence-corrected chi connectivity index (χ4v) is 7.13. The average molecular weight is 385 g/mol. The molecule has 0 radical (unpaired) electrons. The van der Waals surface area contributed by atoms with Gasteiger partial charge in [-0.25, -0.2) is 0 Å². The van der Waals surface area contributed by atoms with Crippen molar-refractivity contribution >= 4 is 17.5 Å². The number of Topliss-reactive ketones (excluding diaryl/α,β-unsaturated/α-hetero) is 1. The minimum Gasteiger partial charge on any atom is -0.435 e. The van der Waals surface area contributed by atoms with Gasteiger partial charge >= 0.3 is 5.97 Å². The lowest BCUT2D eigenvalue weighted by atomic mass is 9.51. The third kappa shape index (κ3) is 3.09. The maximum atomic E-state index is 12.6. The summed E-state index contributed by atoms with van der Waals surface area (Å²) >= 11 is 0. The zero-order chi connectivity index (χ0) is 20.1. The highest BCUT2D eigenvalue weighted by atomic mass is 16.5. The third-order valence-corrected chi connectivity index (χ3v) is 8.26. The lowest BCUT2D eigenvalue weighted by molar-refractivity contribution is -0.138. The SMILES string of the molecule is CCC(=O)OC=C1C[C@H]2[C@@H]3CCC4=CC(=O)CC[C@@H]4[C@H]3CC[C@]2(C)[C@H]1C(C)=O. The van der Waals surface area contributed by atoms with Crippen molar-refractivity contribution < 1.29 is 19.1 Å². The van der Waals surface area contributed by atoms with Crippen molar-refractivity contribution in [3.8, 4) is 0 Å². The smallest absolute Gasteiger partial charge is 0.310 e. The van der Waals surface area contributed by atoms with E-state index in [1.807, 2.05) is 6.08 Å². The predicted octanol–water partition coefficient (Wildman–Crippen LogP) is 4.78. The van der Waals surface area contributed by atoms with Gasteiger partial charge in [0.15, 0.2) is 5.78 Å². The number of hydrogen-bond acceptors (Lipinski definition) is 4. The largest absolute Gasteiger partial charge is 0.435 e. The number of rotatable bonds is 3. The van der Waals surface area contributed by atoms with Crippen molar-refractivity contribution in [2.24, 2.45) is 35.0 Å². The molecule has 4 heteroatoms. The Bertz CT molecular complexity index is 761. The van der Waals surface area contributed by atoms with Crippen LogP contribution in [0.4, 0.5) is 0 Å². The van der Waals surface area contributed by atoms with E-state index < -0.39 is 0 Å². The summed E-state index contributed by atoms with van der Waals surface area (Å²) in [6, 6.07) is 0. The quantitative estimate of drug-likeness (QED) is 0.519. The predicted molar refractivity (Wildman–Crippen MR) is 106 cm³/mol. The molecule has 4 aliphatic rings. The normalized spacial score (nSPS) is 41.0. The molecule has 4 rings (SSSR count). The summed E-state index contributed by atoms with van der Waals surface area (Å²) < 4.78 is 5.34. The number of hydrogen-bond donors (Lipinski definition) is 0. The molecule has 28 heavy (non-hydrogen) atoms. The number of esters is 1. The van der Waals surface area contributed by atoms with Gasteiger partial charge in [0, 0.05) is 18.8 Å². The summed E-state index contributed by atoms with van der Waals surface area (Å²) in [5.74, 6) is 2.38. The van der Waals surface area contributed by atoms with Crippen LogP contribution in [0.15, 0.2) is 23.5 Å². The third-order valence-electron chi connectivity index (χ3n) is 8.26. The van der Waals surface area contributed by atoms with Crippen LogP contribution in [0.3, 0.4) is 0 Å². The van der Waals surface area contributed by atoms with Crippen LogP contribution < -0.4 is 0 Å². The second kappa shape index (κ2) is 7.27. The Morgan fingerprint density at radius 2 is 2.00 bits per heavy atom. The molecule has 0 aliphatic heterocycles. The molecule has 0 spiro atoms. The van der Waals surface area contributed by atoms with E-state index in [2.05, 4.69) is 6.92 Å². The van der Waals surface area contributed by atoms with Crippen LogP contribution in [0.25, 0.3) is 0 Å². The zero-order valence-corrected chi connectivity index (χ0v) is 17.3. The summed E-state index contributed by atoms with van der Waals surface area (Å²) in [6.07, 6.45) is 10.8. The summed E-state index contributed by atoms with van der Waals surface area (Å²) in [5, 5.41) is 0. The second-order valence-electron chi connectivity index (χ2n) is 9.63. The van der Waals surface area contributed by atoms with Gasteiger partial charge in [-0.05, 0) is 86.2 Å². The van der Waals surface area contributed by atoms with E-state index in [1.165, 1.54) is 5.57 Å². The van der Waals surface area contributed by atoms with Crippen molar-refractivity contribution in [3.05, 3.63) is 23.5 Å². The van der Waals surface area contributed by atoms with Gasteiger partial charge in [-0.1, -0.05) is 19.4 Å². The second-order valence-corrected chi connectivity index (χ2v) is 9.63. The first kappa shape index (κ1) is 19.6. The maximum absolute atomic E-state index is 12.6. The first-order valence-electron chi connectivity index (χ1n) is 11.0. The fourth-order valence-electron chi connectivity index (χ4n) is 7.13. The van der Waals surface area contributed by atoms with E-state index in [0.29, 0.717) is 42.3 Å². The van der Waals surface area contributed by atoms with Gasteiger partial charge in [-0.2, -0.15) is 0 Å². The summed E-state index contributed by atoms with van der Waals surface area (Å²) in [5.41, 5.74) is 2.36. The van der Waals surface area contributed by atoms with Crippen molar-refractivity contribution in [3.63, 3.8) is 0 Å². The van der Waals surface area contributed by atoms with Crippen LogP contribution in [0.1, 0.15) is 72.1 Å². The highest BCUT2D eigenvalue weighted by Gasteiger charge is 2.59. The highest BCUT2D eigenvalue weighted by molar-refractivity contribution is 5.91. The van der Waals surface area contributed by atoms with Gasteiger partial charge in [-0.3, -0.25) is 14.4 Å². The monoisotopic (exact) mass is 384 g/mol. The van der Waals surface area contributed by atoms with E-state index in [9.17, 15) is 14.4 Å². The molecule has 0 N–H and O–H groups in total. The van der Waals surface area contributed by atoms with Crippen molar-refractivity contribution in [2.75, 3.05) is 0 Å². The van der Waals surface area contributed by atoms with Gasteiger partial charge in [0.2, 0.25) is 0 Å². The number of fused-ring (bicyclic) bond motifs is 5. The highest BCUT2D eigenvalue weighted by Crippen LogP contribution is 2.65. The molecule has 152 valence electrons. The number of carbonyl (C=O) groups excluding carboxylic acids is 3. The molecule has 4 nitrogen and oxygen atoms in total. The first-order valence-corrected chi connectivity index (χ1v) is 11.0. The Morgan fingerprint density at radius 3 is 2.71 bits per heavy atom. The van der Waals surface area contributed by atoms with E-state index in [1.54, 1.807) is 20.1 Å². The molecule has 0 bridgehead atoms. The lowest BCUT2D eigenvalue weighted by Crippen LogP contribution is -2.47. The van der Waals surface area contributed by atoms with Crippen LogP contribution >= 0.6 is 0 Å². The van der Waals surface area contributed by atoms with Gasteiger partial charge in [0.25, 0.3) is 0 Å².